The number of rotatable bonds is 5. The normalized spacial score (nSPS) is 19.6. The van der Waals surface area contributed by atoms with E-state index < -0.39 is 10.0 Å². The Morgan fingerprint density at radius 1 is 1.36 bits per heavy atom. The van der Waals surface area contributed by atoms with Gasteiger partial charge in [0.2, 0.25) is 10.0 Å². The third-order valence-electron chi connectivity index (χ3n) is 3.65. The van der Waals surface area contributed by atoms with Gasteiger partial charge in [-0.05, 0) is 18.6 Å². The van der Waals surface area contributed by atoms with Gasteiger partial charge in [0.1, 0.15) is 6.61 Å². The van der Waals surface area contributed by atoms with Crippen LogP contribution < -0.4 is 0 Å². The first-order valence-corrected chi connectivity index (χ1v) is 8.42. The van der Waals surface area contributed by atoms with E-state index in [1.807, 2.05) is 0 Å². The molecule has 0 bridgehead atoms. The number of hydrogen-bond acceptors (Lipinski definition) is 6. The lowest BCUT2D eigenvalue weighted by Crippen LogP contribution is -2.28. The van der Waals surface area contributed by atoms with Crippen LogP contribution in [0.3, 0.4) is 0 Å². The fourth-order valence-corrected chi connectivity index (χ4v) is 4.04. The zero-order chi connectivity index (χ0) is 15.6. The molecule has 0 N–H and O–H groups in total. The van der Waals surface area contributed by atoms with Gasteiger partial charge in [0.15, 0.2) is 5.82 Å². The van der Waals surface area contributed by atoms with Crippen LogP contribution in [0.1, 0.15) is 24.1 Å². The highest BCUT2D eigenvalue weighted by Crippen LogP contribution is 2.29. The topological polar surface area (TPSA) is 85.5 Å². The van der Waals surface area contributed by atoms with Gasteiger partial charge in [0, 0.05) is 26.1 Å². The van der Waals surface area contributed by atoms with Gasteiger partial charge in [-0.3, -0.25) is 0 Å². The second kappa shape index (κ2) is 6.15. The largest absolute Gasteiger partial charge is 0.375 e. The zero-order valence-corrected chi connectivity index (χ0v) is 13.0. The molecular formula is C14H17N3O4S. The van der Waals surface area contributed by atoms with Gasteiger partial charge in [0.25, 0.3) is 5.89 Å². The first-order valence-electron chi connectivity index (χ1n) is 6.98. The minimum Gasteiger partial charge on any atom is -0.375 e. The molecule has 22 heavy (non-hydrogen) atoms. The second-order valence-electron chi connectivity index (χ2n) is 5.14. The van der Waals surface area contributed by atoms with Crippen LogP contribution in [0.2, 0.25) is 0 Å². The summed E-state index contributed by atoms with van der Waals surface area (Å²) in [7, 11) is -1.91. The van der Waals surface area contributed by atoms with Crippen molar-refractivity contribution in [2.75, 3.05) is 20.2 Å². The Balaban J connectivity index is 1.74. The van der Waals surface area contributed by atoms with Crippen molar-refractivity contribution in [3.63, 3.8) is 0 Å². The van der Waals surface area contributed by atoms with Gasteiger partial charge in [-0.2, -0.15) is 9.29 Å². The van der Waals surface area contributed by atoms with E-state index in [1.165, 1.54) is 4.31 Å². The molecule has 1 saturated heterocycles. The summed E-state index contributed by atoms with van der Waals surface area (Å²) >= 11 is 0. The molecule has 7 nitrogen and oxygen atoms in total. The van der Waals surface area contributed by atoms with E-state index in [9.17, 15) is 8.42 Å². The van der Waals surface area contributed by atoms with Crippen molar-refractivity contribution in [2.45, 2.75) is 23.8 Å². The molecular weight excluding hydrogens is 306 g/mol. The predicted octanol–water partition coefficient (Wildman–Crippen LogP) is 1.39. The molecule has 0 saturated carbocycles. The third-order valence-corrected chi connectivity index (χ3v) is 5.53. The number of ether oxygens (including phenoxy) is 1. The van der Waals surface area contributed by atoms with Crippen molar-refractivity contribution in [3.05, 3.63) is 42.0 Å². The first-order chi connectivity index (χ1) is 10.6. The van der Waals surface area contributed by atoms with Gasteiger partial charge in [-0.25, -0.2) is 8.42 Å². The summed E-state index contributed by atoms with van der Waals surface area (Å²) in [5.41, 5.74) is 0. The summed E-state index contributed by atoms with van der Waals surface area (Å²) in [5.74, 6) is 0.896. The van der Waals surface area contributed by atoms with Crippen molar-refractivity contribution < 1.29 is 17.7 Å². The number of nitrogens with zero attached hydrogens (tertiary/aromatic N) is 3. The quantitative estimate of drug-likeness (QED) is 0.826. The minimum atomic E-state index is -3.46. The molecule has 1 aliphatic heterocycles. The summed E-state index contributed by atoms with van der Waals surface area (Å²) in [6.45, 7) is 1.07. The molecule has 2 heterocycles. The Hall–Kier alpha value is -1.77. The molecule has 3 rings (SSSR count). The van der Waals surface area contributed by atoms with E-state index in [0.29, 0.717) is 36.1 Å². The van der Waals surface area contributed by atoms with Crippen LogP contribution in [0.5, 0.6) is 0 Å². The van der Waals surface area contributed by atoms with E-state index in [4.69, 9.17) is 9.26 Å². The Bertz CT molecular complexity index is 730. The fourth-order valence-electron chi connectivity index (χ4n) is 2.51. The molecule has 1 unspecified atom stereocenters. The zero-order valence-electron chi connectivity index (χ0n) is 12.2. The average Bonchev–Trinajstić information content (AvgIpc) is 3.17. The maximum atomic E-state index is 12.6. The molecule has 0 radical (unpaired) electrons. The van der Waals surface area contributed by atoms with Gasteiger partial charge < -0.3 is 9.26 Å². The highest BCUT2D eigenvalue weighted by Gasteiger charge is 2.35. The molecule has 1 aliphatic rings. The summed E-state index contributed by atoms with van der Waals surface area (Å²) in [5, 5.41) is 3.92. The standard InChI is InChI=1S/C14H17N3O4S/c1-20-10-13-15-14(16-21-13)11-7-8-17(9-11)22(18,19)12-5-3-2-4-6-12/h2-6,11H,7-10H2,1H3. The molecule has 1 aromatic carbocycles. The number of methoxy groups -OCH3 is 1. The van der Waals surface area contributed by atoms with Crippen molar-refractivity contribution in [3.8, 4) is 0 Å². The number of benzene rings is 1. The molecule has 1 aromatic heterocycles. The van der Waals surface area contributed by atoms with E-state index in [0.717, 1.165) is 0 Å². The van der Waals surface area contributed by atoms with Gasteiger partial charge in [0.05, 0.1) is 4.90 Å². The van der Waals surface area contributed by atoms with Crippen LogP contribution >= 0.6 is 0 Å². The maximum Gasteiger partial charge on any atom is 0.252 e. The summed E-state index contributed by atoms with van der Waals surface area (Å²) in [6, 6.07) is 8.44. The van der Waals surface area contributed by atoms with Gasteiger partial charge in [-0.15, -0.1) is 0 Å². The van der Waals surface area contributed by atoms with Gasteiger partial charge in [-0.1, -0.05) is 23.4 Å². The third kappa shape index (κ3) is 2.90. The lowest BCUT2D eigenvalue weighted by atomic mass is 10.1. The van der Waals surface area contributed by atoms with Crippen LogP contribution in [0, 0.1) is 0 Å². The lowest BCUT2D eigenvalue weighted by Gasteiger charge is -2.15. The molecule has 8 heteroatoms. The van der Waals surface area contributed by atoms with Crippen LogP contribution in [-0.2, 0) is 21.4 Å². The van der Waals surface area contributed by atoms with Crippen molar-refractivity contribution >= 4 is 10.0 Å². The molecule has 0 aliphatic carbocycles. The van der Waals surface area contributed by atoms with E-state index in [1.54, 1.807) is 37.4 Å². The molecule has 0 amide bonds. The number of hydrogen-bond donors (Lipinski definition) is 0. The van der Waals surface area contributed by atoms with Crippen LogP contribution in [0.15, 0.2) is 39.8 Å². The predicted molar refractivity (Wildman–Crippen MR) is 77.6 cm³/mol. The monoisotopic (exact) mass is 323 g/mol. The van der Waals surface area contributed by atoms with Crippen LogP contribution in [0.25, 0.3) is 0 Å². The van der Waals surface area contributed by atoms with Crippen LogP contribution in [-0.4, -0.2) is 43.1 Å². The highest BCUT2D eigenvalue weighted by molar-refractivity contribution is 7.89. The Kier molecular flexibility index (Phi) is 4.23. The average molecular weight is 323 g/mol. The van der Waals surface area contributed by atoms with E-state index in [2.05, 4.69) is 10.1 Å². The van der Waals surface area contributed by atoms with Crippen molar-refractivity contribution in [1.29, 1.82) is 0 Å². The smallest absolute Gasteiger partial charge is 0.252 e. The van der Waals surface area contributed by atoms with E-state index in [-0.39, 0.29) is 12.5 Å². The fraction of sp³-hybridized carbons (Fsp3) is 0.429. The van der Waals surface area contributed by atoms with Gasteiger partial charge >= 0.3 is 0 Å². The summed E-state index contributed by atoms with van der Waals surface area (Å²) < 4.78 is 36.6. The maximum absolute atomic E-state index is 12.6. The molecule has 0 spiro atoms. The number of sulfonamides is 1. The summed E-state index contributed by atoms with van der Waals surface area (Å²) in [4.78, 5) is 4.56. The van der Waals surface area contributed by atoms with Crippen molar-refractivity contribution in [1.82, 2.24) is 14.4 Å². The Morgan fingerprint density at radius 3 is 2.86 bits per heavy atom. The first kappa shape index (κ1) is 15.1. The SMILES string of the molecule is COCc1nc(C2CCN(S(=O)(=O)c3ccccc3)C2)no1. The molecule has 1 fully saturated rings. The summed E-state index contributed by atoms with van der Waals surface area (Å²) in [6.07, 6.45) is 0.679. The van der Waals surface area contributed by atoms with Crippen LogP contribution in [0.4, 0.5) is 0 Å². The molecule has 118 valence electrons. The Morgan fingerprint density at radius 2 is 2.14 bits per heavy atom. The Labute approximate surface area is 128 Å². The van der Waals surface area contributed by atoms with E-state index >= 15 is 0 Å². The lowest BCUT2D eigenvalue weighted by molar-refractivity contribution is 0.151. The highest BCUT2D eigenvalue weighted by atomic mass is 32.2. The number of aromatic nitrogens is 2. The second-order valence-corrected chi connectivity index (χ2v) is 7.08. The van der Waals surface area contributed by atoms with Crippen molar-refractivity contribution in [2.24, 2.45) is 0 Å². The molecule has 2 aromatic rings. The minimum absolute atomic E-state index is 0.0483. The molecule has 1 atom stereocenters.